The fourth-order valence-electron chi connectivity index (χ4n) is 2.36. The van der Waals surface area contributed by atoms with Crippen molar-refractivity contribution >= 4 is 22.8 Å². The van der Waals surface area contributed by atoms with E-state index in [2.05, 4.69) is 15.4 Å². The summed E-state index contributed by atoms with van der Waals surface area (Å²) in [5.41, 5.74) is 14.8. The van der Waals surface area contributed by atoms with Crippen molar-refractivity contribution in [2.45, 2.75) is 13.3 Å². The molecular formula is C16H20N6O. The van der Waals surface area contributed by atoms with Crippen LogP contribution in [0.3, 0.4) is 0 Å². The molecule has 23 heavy (non-hydrogen) atoms. The molecule has 0 aliphatic rings. The lowest BCUT2D eigenvalue weighted by atomic mass is 10.3. The molecule has 0 bridgehead atoms. The van der Waals surface area contributed by atoms with Gasteiger partial charge in [0, 0.05) is 18.2 Å². The van der Waals surface area contributed by atoms with E-state index in [9.17, 15) is 0 Å². The maximum absolute atomic E-state index is 5.88. The molecule has 0 aliphatic carbocycles. The van der Waals surface area contributed by atoms with Gasteiger partial charge in [0.2, 0.25) is 0 Å². The third-order valence-corrected chi connectivity index (χ3v) is 3.34. The lowest BCUT2D eigenvalue weighted by molar-refractivity contribution is 0.340. The van der Waals surface area contributed by atoms with Crippen molar-refractivity contribution in [3.05, 3.63) is 42.2 Å². The first-order chi connectivity index (χ1) is 11.2. The maximum atomic E-state index is 5.88. The largest absolute Gasteiger partial charge is 0.494 e. The average Bonchev–Trinajstić information content (AvgIpc) is 2.92. The zero-order valence-corrected chi connectivity index (χ0v) is 13.0. The molecule has 0 saturated heterocycles. The molecule has 2 aromatic heterocycles. The van der Waals surface area contributed by atoms with Gasteiger partial charge in [-0.15, -0.1) is 5.10 Å². The van der Waals surface area contributed by atoms with Crippen molar-refractivity contribution in [2.24, 2.45) is 5.73 Å². The number of anilines is 3. The molecule has 0 spiro atoms. The first-order valence-electron chi connectivity index (χ1n) is 7.54. The van der Waals surface area contributed by atoms with E-state index >= 15 is 0 Å². The smallest absolute Gasteiger partial charge is 0.177 e. The van der Waals surface area contributed by atoms with E-state index < -0.39 is 0 Å². The van der Waals surface area contributed by atoms with E-state index in [1.807, 2.05) is 37.4 Å². The van der Waals surface area contributed by atoms with Crippen molar-refractivity contribution in [3.8, 4) is 5.75 Å². The fraction of sp³-hybridized carbons (Fsp3) is 0.250. The molecule has 0 radical (unpaired) electrons. The van der Waals surface area contributed by atoms with Crippen molar-refractivity contribution in [1.82, 2.24) is 14.6 Å². The highest BCUT2D eigenvalue weighted by molar-refractivity contribution is 5.75. The highest BCUT2D eigenvalue weighted by Crippen LogP contribution is 2.24. The number of fused-ring (bicyclic) bond motifs is 1. The second-order valence-electron chi connectivity index (χ2n) is 5.10. The number of rotatable bonds is 6. The molecule has 7 nitrogen and oxygen atoms in total. The van der Waals surface area contributed by atoms with E-state index in [-0.39, 0.29) is 0 Å². The molecule has 3 rings (SSSR count). The van der Waals surface area contributed by atoms with Gasteiger partial charge in [0.1, 0.15) is 11.6 Å². The predicted octanol–water partition coefficient (Wildman–Crippen LogP) is 1.95. The van der Waals surface area contributed by atoms with Gasteiger partial charge in [-0.1, -0.05) is 0 Å². The van der Waals surface area contributed by atoms with Gasteiger partial charge in [-0.2, -0.15) is 0 Å². The second-order valence-corrected chi connectivity index (χ2v) is 5.10. The van der Waals surface area contributed by atoms with Crippen molar-refractivity contribution in [2.75, 3.05) is 24.2 Å². The highest BCUT2D eigenvalue weighted by Gasteiger charge is 2.09. The highest BCUT2D eigenvalue weighted by atomic mass is 16.5. The molecule has 0 unspecified atom stereocenters. The predicted molar refractivity (Wildman–Crippen MR) is 91.1 cm³/mol. The van der Waals surface area contributed by atoms with Crippen LogP contribution in [0.4, 0.5) is 17.2 Å². The van der Waals surface area contributed by atoms with Crippen LogP contribution in [0.15, 0.2) is 36.5 Å². The molecule has 7 heteroatoms. The Balaban J connectivity index is 1.91. The van der Waals surface area contributed by atoms with Crippen LogP contribution in [-0.2, 0) is 6.42 Å². The topological polar surface area (TPSA) is 103 Å². The van der Waals surface area contributed by atoms with Crippen LogP contribution in [0, 0.1) is 0 Å². The molecule has 2 heterocycles. The summed E-state index contributed by atoms with van der Waals surface area (Å²) < 4.78 is 7.12. The average molecular weight is 312 g/mol. The number of hydrogen-bond donors (Lipinski definition) is 3. The molecule has 0 saturated carbocycles. The standard InChI is InChI=1S/C16H20N6O/c1-2-23-13-5-3-11(4-6-13)19-14-9-15(18)21-22-10-12(7-8-17)20-16(14)22/h3-6,9-10,19H,2,7-8,17H2,1H3,(H2,18,21). The van der Waals surface area contributed by atoms with Gasteiger partial charge < -0.3 is 21.5 Å². The Labute approximate surface area is 134 Å². The van der Waals surface area contributed by atoms with Crippen LogP contribution in [0.25, 0.3) is 5.65 Å². The maximum Gasteiger partial charge on any atom is 0.177 e. The summed E-state index contributed by atoms with van der Waals surface area (Å²) in [5.74, 6) is 1.26. The quantitative estimate of drug-likeness (QED) is 0.643. The number of nitrogens with two attached hydrogens (primary N) is 2. The van der Waals surface area contributed by atoms with Crippen LogP contribution < -0.4 is 21.5 Å². The van der Waals surface area contributed by atoms with Crippen molar-refractivity contribution in [1.29, 1.82) is 0 Å². The number of nitrogens with one attached hydrogen (secondary N) is 1. The van der Waals surface area contributed by atoms with E-state index in [1.54, 1.807) is 10.6 Å². The number of aromatic nitrogens is 3. The molecule has 1 aromatic carbocycles. The summed E-state index contributed by atoms with van der Waals surface area (Å²) in [7, 11) is 0. The van der Waals surface area contributed by atoms with Gasteiger partial charge in [-0.3, -0.25) is 0 Å². The molecule has 5 N–H and O–H groups in total. The lowest BCUT2D eigenvalue weighted by Crippen LogP contribution is -2.02. The Kier molecular flexibility index (Phi) is 4.29. The van der Waals surface area contributed by atoms with E-state index in [0.717, 1.165) is 28.5 Å². The Morgan fingerprint density at radius 3 is 2.74 bits per heavy atom. The number of ether oxygens (including phenoxy) is 1. The molecule has 120 valence electrons. The first kappa shape index (κ1) is 15.1. The SMILES string of the molecule is CCOc1ccc(Nc2cc(N)nn3cc(CCN)nc23)cc1. The van der Waals surface area contributed by atoms with Crippen LogP contribution in [0.1, 0.15) is 12.6 Å². The van der Waals surface area contributed by atoms with Crippen LogP contribution >= 0.6 is 0 Å². The zero-order chi connectivity index (χ0) is 16.2. The van der Waals surface area contributed by atoms with E-state index in [1.165, 1.54) is 0 Å². The molecule has 0 atom stereocenters. The lowest BCUT2D eigenvalue weighted by Gasteiger charge is -2.09. The van der Waals surface area contributed by atoms with E-state index in [0.29, 0.717) is 25.4 Å². The molecule has 0 fully saturated rings. The third kappa shape index (κ3) is 3.35. The molecular weight excluding hydrogens is 292 g/mol. The summed E-state index contributed by atoms with van der Waals surface area (Å²) in [4.78, 5) is 4.56. The Morgan fingerprint density at radius 1 is 1.26 bits per heavy atom. The molecule has 3 aromatic rings. The Hall–Kier alpha value is -2.80. The monoisotopic (exact) mass is 312 g/mol. The number of imidazole rings is 1. The van der Waals surface area contributed by atoms with Crippen molar-refractivity contribution in [3.63, 3.8) is 0 Å². The minimum Gasteiger partial charge on any atom is -0.494 e. The van der Waals surface area contributed by atoms with Gasteiger partial charge in [0.05, 0.1) is 24.2 Å². The summed E-state index contributed by atoms with van der Waals surface area (Å²) in [6.45, 7) is 3.15. The number of hydrogen-bond acceptors (Lipinski definition) is 6. The van der Waals surface area contributed by atoms with Crippen LogP contribution in [0.2, 0.25) is 0 Å². The minimum atomic E-state index is 0.419. The number of benzene rings is 1. The van der Waals surface area contributed by atoms with Gasteiger partial charge >= 0.3 is 0 Å². The summed E-state index contributed by atoms with van der Waals surface area (Å²) in [5, 5.41) is 7.57. The van der Waals surface area contributed by atoms with Crippen molar-refractivity contribution < 1.29 is 4.74 Å². The van der Waals surface area contributed by atoms with Crippen LogP contribution in [-0.4, -0.2) is 27.7 Å². The third-order valence-electron chi connectivity index (χ3n) is 3.34. The van der Waals surface area contributed by atoms with Gasteiger partial charge in [0.15, 0.2) is 5.65 Å². The molecule has 0 amide bonds. The summed E-state index contributed by atoms with van der Waals surface area (Å²) >= 11 is 0. The molecule has 0 aliphatic heterocycles. The number of nitrogen functional groups attached to an aromatic ring is 1. The zero-order valence-electron chi connectivity index (χ0n) is 13.0. The van der Waals surface area contributed by atoms with Crippen LogP contribution in [0.5, 0.6) is 5.75 Å². The Morgan fingerprint density at radius 2 is 2.04 bits per heavy atom. The van der Waals surface area contributed by atoms with E-state index in [4.69, 9.17) is 16.2 Å². The number of nitrogens with zero attached hydrogens (tertiary/aromatic N) is 3. The second kappa shape index (κ2) is 6.53. The normalized spacial score (nSPS) is 10.9. The van der Waals surface area contributed by atoms with Gasteiger partial charge in [-0.25, -0.2) is 9.50 Å². The first-order valence-corrected chi connectivity index (χ1v) is 7.54. The van der Waals surface area contributed by atoms with Gasteiger partial charge in [-0.05, 0) is 37.7 Å². The summed E-state index contributed by atoms with van der Waals surface area (Å²) in [6, 6.07) is 9.49. The Bertz CT molecular complexity index is 796. The van der Waals surface area contributed by atoms with Gasteiger partial charge in [0.25, 0.3) is 0 Å². The fourth-order valence-corrected chi connectivity index (χ4v) is 2.36. The minimum absolute atomic E-state index is 0.419. The summed E-state index contributed by atoms with van der Waals surface area (Å²) in [6.07, 6.45) is 2.55.